The number of pyridine rings is 1. The summed E-state index contributed by atoms with van der Waals surface area (Å²) < 4.78 is 0. The van der Waals surface area contributed by atoms with Gasteiger partial charge in [-0.05, 0) is 0 Å². The molecule has 0 aliphatic rings. The molecule has 2 heteroatoms. The Bertz CT molecular complexity index is 147. The van der Waals surface area contributed by atoms with Crippen LogP contribution in [0.4, 0.5) is 0 Å². The van der Waals surface area contributed by atoms with Crippen molar-refractivity contribution in [1.29, 1.82) is 0 Å². The maximum atomic E-state index is 5.47. The molecule has 0 unspecified atom stereocenters. The minimum Gasteiger partial charge on any atom is -0.311 e. The van der Waals surface area contributed by atoms with Gasteiger partial charge in [-0.1, -0.05) is 23.9 Å². The van der Waals surface area contributed by atoms with E-state index in [1.807, 2.05) is 6.07 Å². The molecule has 0 atom stereocenters. The highest BCUT2D eigenvalue weighted by atomic mass is 35.5. The Morgan fingerprint density at radius 1 is 1.50 bits per heavy atom. The third-order valence-electron chi connectivity index (χ3n) is 0.789. The minimum absolute atomic E-state index is 0.511. The molecule has 0 saturated carbocycles. The highest BCUT2D eigenvalue weighted by Crippen LogP contribution is 2.02. The number of rotatable bonds is 0. The Labute approximate surface area is 53.3 Å². The Morgan fingerprint density at radius 2 is 2.25 bits per heavy atom. The van der Waals surface area contributed by atoms with Gasteiger partial charge in [-0.2, -0.15) is 18.6 Å². The van der Waals surface area contributed by atoms with Gasteiger partial charge in [0.15, 0.2) is 0 Å². The molecule has 0 aromatic carbocycles. The fourth-order valence-electron chi connectivity index (χ4n) is 0.406. The summed E-state index contributed by atoms with van der Waals surface area (Å²) in [5.74, 6) is 0. The fraction of sp³-hybridized carbons (Fsp3) is 0. The molecule has 1 nitrogen and oxygen atoms in total. The predicted octanol–water partition coefficient (Wildman–Crippen LogP) is 1.92. The molecule has 1 rings (SSSR count). The molecule has 42 valence electrons. The van der Waals surface area contributed by atoms with Gasteiger partial charge in [0.25, 0.3) is 0 Å². The highest BCUT2D eigenvalue weighted by Gasteiger charge is 1.75. The van der Waals surface area contributed by atoms with Crippen LogP contribution in [0.2, 0.25) is 5.15 Å². The molecule has 0 spiro atoms. The Kier molecular flexibility index (Phi) is 1.40. The van der Waals surface area contributed by atoms with Crippen LogP contribution in [0.3, 0.4) is 0 Å². The average molecular weight is 127 g/mol. The van der Waals surface area contributed by atoms with Gasteiger partial charge in [-0.25, -0.2) is 0 Å². The molecule has 0 saturated heterocycles. The predicted molar refractivity (Wildman–Crippen MR) is 33.7 cm³/mol. The van der Waals surface area contributed by atoms with Gasteiger partial charge < -0.3 is 4.98 Å². The molecule has 1 aromatic heterocycles. The maximum absolute atomic E-state index is 5.47. The summed E-state index contributed by atoms with van der Waals surface area (Å²) in [5.41, 5.74) is 0.884. The van der Waals surface area contributed by atoms with Crippen LogP contribution in [0.5, 0.6) is 0 Å². The van der Waals surface area contributed by atoms with E-state index in [2.05, 4.69) is 11.9 Å². The first-order valence-electron chi connectivity index (χ1n) is 2.22. The van der Waals surface area contributed by atoms with Crippen molar-refractivity contribution in [1.82, 2.24) is 4.98 Å². The minimum atomic E-state index is 0.511. The number of halogens is 1. The monoisotopic (exact) mass is 126 g/mol. The lowest BCUT2D eigenvalue weighted by atomic mass is 10.3. The average Bonchev–Trinajstić information content (AvgIpc) is 1.77. The van der Waals surface area contributed by atoms with Gasteiger partial charge in [0.1, 0.15) is 5.15 Å². The third kappa shape index (κ3) is 1.14. The molecular formula is C6H5ClN-. The molecule has 0 fully saturated rings. The maximum Gasteiger partial charge on any atom is 0.103 e. The van der Waals surface area contributed by atoms with Crippen LogP contribution < -0.4 is 0 Å². The van der Waals surface area contributed by atoms with Crippen LogP contribution in [-0.2, 0) is 0 Å². The number of hydrogen-bond donors (Lipinski definition) is 0. The zero-order valence-electron chi connectivity index (χ0n) is 4.26. The number of aromatic nitrogens is 1. The Morgan fingerprint density at radius 3 is 2.62 bits per heavy atom. The summed E-state index contributed by atoms with van der Waals surface area (Å²) in [7, 11) is 0. The van der Waals surface area contributed by atoms with E-state index in [0.29, 0.717) is 5.15 Å². The molecule has 1 aromatic rings. The van der Waals surface area contributed by atoms with E-state index < -0.39 is 0 Å². The largest absolute Gasteiger partial charge is 0.311 e. The summed E-state index contributed by atoms with van der Waals surface area (Å²) in [6.07, 6.45) is 1.63. The summed E-state index contributed by atoms with van der Waals surface area (Å²) in [6, 6.07) is 3.53. The van der Waals surface area contributed by atoms with Gasteiger partial charge in [0.2, 0.25) is 0 Å². The molecule has 8 heavy (non-hydrogen) atoms. The molecule has 1 heterocycles. The second kappa shape index (κ2) is 2.05. The van der Waals surface area contributed by atoms with Crippen molar-refractivity contribution in [2.45, 2.75) is 0 Å². The van der Waals surface area contributed by atoms with Crippen LogP contribution in [-0.4, -0.2) is 4.98 Å². The first-order chi connectivity index (χ1) is 3.79. The van der Waals surface area contributed by atoms with Gasteiger partial charge in [-0.3, -0.25) is 0 Å². The Hall–Kier alpha value is -0.690. The molecule has 0 aliphatic heterocycles. The lowest BCUT2D eigenvalue weighted by molar-refractivity contribution is 1.31. The van der Waals surface area contributed by atoms with Gasteiger partial charge in [0.05, 0.1) is 0 Å². The highest BCUT2D eigenvalue weighted by molar-refractivity contribution is 6.29. The van der Waals surface area contributed by atoms with Crippen molar-refractivity contribution in [3.63, 3.8) is 0 Å². The van der Waals surface area contributed by atoms with E-state index in [1.54, 1.807) is 12.3 Å². The van der Waals surface area contributed by atoms with E-state index in [1.165, 1.54) is 0 Å². The summed E-state index contributed by atoms with van der Waals surface area (Å²) in [5, 5.41) is 0.511. The first-order valence-corrected chi connectivity index (χ1v) is 2.60. The first kappa shape index (κ1) is 5.45. The number of hydrogen-bond acceptors (Lipinski definition) is 1. The van der Waals surface area contributed by atoms with Crippen LogP contribution in [0, 0.1) is 6.92 Å². The quantitative estimate of drug-likeness (QED) is 0.382. The van der Waals surface area contributed by atoms with Crippen molar-refractivity contribution >= 4 is 11.6 Å². The summed E-state index contributed by atoms with van der Waals surface area (Å²) in [6.45, 7) is 3.64. The van der Waals surface area contributed by atoms with Crippen molar-refractivity contribution in [3.8, 4) is 0 Å². The van der Waals surface area contributed by atoms with Gasteiger partial charge >= 0.3 is 0 Å². The van der Waals surface area contributed by atoms with E-state index in [-0.39, 0.29) is 0 Å². The van der Waals surface area contributed by atoms with Crippen LogP contribution in [0.1, 0.15) is 5.56 Å². The van der Waals surface area contributed by atoms with Gasteiger partial charge in [-0.15, -0.1) is 0 Å². The van der Waals surface area contributed by atoms with Crippen molar-refractivity contribution in [2.75, 3.05) is 0 Å². The molecule has 0 aliphatic carbocycles. The molecule has 0 bridgehead atoms. The van der Waals surface area contributed by atoms with Crippen LogP contribution >= 0.6 is 11.6 Å². The van der Waals surface area contributed by atoms with Crippen molar-refractivity contribution < 1.29 is 0 Å². The molecular weight excluding hydrogens is 122 g/mol. The normalized spacial score (nSPS) is 9.12. The Balaban J connectivity index is 3.03. The standard InChI is InChI=1S/C6H5ClN/c1-5-2-3-6(7)8-4-5/h2-4H,1H2/q-1. The fourth-order valence-corrected chi connectivity index (χ4v) is 0.518. The van der Waals surface area contributed by atoms with E-state index in [4.69, 9.17) is 11.6 Å². The lowest BCUT2D eigenvalue weighted by Crippen LogP contribution is -1.73. The summed E-state index contributed by atoms with van der Waals surface area (Å²) >= 11 is 5.47. The topological polar surface area (TPSA) is 12.9 Å². The molecule has 0 radical (unpaired) electrons. The number of nitrogens with zero attached hydrogens (tertiary/aromatic N) is 1. The van der Waals surface area contributed by atoms with Crippen molar-refractivity contribution in [2.24, 2.45) is 0 Å². The van der Waals surface area contributed by atoms with Crippen LogP contribution in [0.25, 0.3) is 0 Å². The zero-order valence-corrected chi connectivity index (χ0v) is 5.02. The molecule has 0 amide bonds. The van der Waals surface area contributed by atoms with E-state index in [0.717, 1.165) is 5.56 Å². The lowest BCUT2D eigenvalue weighted by Gasteiger charge is -1.96. The smallest absolute Gasteiger partial charge is 0.103 e. The SMILES string of the molecule is [CH2-]c1ccc(Cl)nc1. The second-order valence-corrected chi connectivity index (χ2v) is 1.88. The summed E-state index contributed by atoms with van der Waals surface area (Å²) in [4.78, 5) is 3.78. The van der Waals surface area contributed by atoms with Crippen molar-refractivity contribution in [3.05, 3.63) is 36.0 Å². The molecule has 0 N–H and O–H groups in total. The van der Waals surface area contributed by atoms with E-state index >= 15 is 0 Å². The second-order valence-electron chi connectivity index (χ2n) is 1.49. The zero-order chi connectivity index (χ0) is 5.98. The van der Waals surface area contributed by atoms with E-state index in [9.17, 15) is 0 Å². The van der Waals surface area contributed by atoms with Gasteiger partial charge in [0, 0.05) is 0 Å². The van der Waals surface area contributed by atoms with Crippen LogP contribution in [0.15, 0.2) is 18.3 Å². The third-order valence-corrected chi connectivity index (χ3v) is 1.01.